The van der Waals surface area contributed by atoms with E-state index < -0.39 is 23.0 Å². The van der Waals surface area contributed by atoms with E-state index in [1.807, 2.05) is 6.08 Å². The molecule has 0 unspecified atom stereocenters. The Kier molecular flexibility index (Phi) is 6.89. The van der Waals surface area contributed by atoms with Gasteiger partial charge in [-0.25, -0.2) is 9.18 Å². The van der Waals surface area contributed by atoms with Crippen molar-refractivity contribution in [3.8, 4) is 17.0 Å². The highest BCUT2D eigenvalue weighted by molar-refractivity contribution is 6.39. The number of halogens is 3. The molecule has 7 nitrogen and oxygen atoms in total. The third-order valence-corrected chi connectivity index (χ3v) is 9.67. The van der Waals surface area contributed by atoms with Gasteiger partial charge in [0, 0.05) is 41.9 Å². The average molecular weight is 614 g/mol. The van der Waals surface area contributed by atoms with E-state index >= 15 is 0 Å². The summed E-state index contributed by atoms with van der Waals surface area (Å²) in [5.74, 6) is 0.0821. The standard InChI is InChI=1S/C32H30Cl2FNO6/c1-39-30(37)31(9-10-31)41-23-14-20(11-21(35)15-23)32(38)18-7-8-19(32)13-22(12-18)40-16-24-28(36-42-29(24)17-5-6-17)27-25(33)3-2-4-26(27)34/h2-4,7,11,14-15,17,19,22,38H,5-6,8-10,12-13,16H2,1H3/t19-,22+,32-/m0/s1. The minimum Gasteiger partial charge on any atom is -0.475 e. The van der Waals surface area contributed by atoms with Gasteiger partial charge < -0.3 is 23.8 Å². The molecule has 7 rings (SSSR count). The monoisotopic (exact) mass is 613 g/mol. The average Bonchev–Trinajstić information content (AvgIpc) is 3.89. The lowest BCUT2D eigenvalue weighted by atomic mass is 9.71. The molecule has 3 fully saturated rings. The number of allylic oxidation sites excluding steroid dienone is 1. The second-order valence-corrected chi connectivity index (χ2v) is 12.6. The van der Waals surface area contributed by atoms with E-state index in [0.29, 0.717) is 64.9 Å². The van der Waals surface area contributed by atoms with Gasteiger partial charge in [-0.15, -0.1) is 0 Å². The molecular formula is C32H30Cl2FNO6. The first-order valence-electron chi connectivity index (χ1n) is 14.3. The largest absolute Gasteiger partial charge is 0.475 e. The molecule has 0 spiro atoms. The van der Waals surface area contributed by atoms with Gasteiger partial charge >= 0.3 is 5.97 Å². The van der Waals surface area contributed by atoms with Crippen LogP contribution in [0.3, 0.4) is 0 Å². The number of methoxy groups -OCH3 is 1. The van der Waals surface area contributed by atoms with Crippen LogP contribution in [-0.2, 0) is 26.5 Å². The predicted molar refractivity (Wildman–Crippen MR) is 153 cm³/mol. The van der Waals surface area contributed by atoms with Gasteiger partial charge in [-0.05, 0) is 67.5 Å². The molecule has 4 aliphatic carbocycles. The van der Waals surface area contributed by atoms with Crippen LogP contribution in [0.25, 0.3) is 11.3 Å². The molecule has 0 radical (unpaired) electrons. The summed E-state index contributed by atoms with van der Waals surface area (Å²) in [6.45, 7) is 0.267. The number of nitrogens with zero attached hydrogens (tertiary/aromatic N) is 1. The number of benzene rings is 2. The summed E-state index contributed by atoms with van der Waals surface area (Å²) in [6, 6.07) is 9.55. The first kappa shape index (κ1) is 27.9. The Balaban J connectivity index is 1.10. The van der Waals surface area contributed by atoms with Crippen LogP contribution in [0.4, 0.5) is 4.39 Å². The van der Waals surface area contributed by atoms with Crippen LogP contribution >= 0.6 is 23.2 Å². The molecule has 42 heavy (non-hydrogen) atoms. The molecule has 3 atom stereocenters. The molecule has 1 aromatic heterocycles. The van der Waals surface area contributed by atoms with Crippen molar-refractivity contribution in [1.29, 1.82) is 0 Å². The van der Waals surface area contributed by atoms with Crippen LogP contribution in [0.5, 0.6) is 5.75 Å². The Hall–Kier alpha value is -2.91. The lowest BCUT2D eigenvalue weighted by Gasteiger charge is -2.41. The zero-order valence-electron chi connectivity index (χ0n) is 23.0. The van der Waals surface area contributed by atoms with Crippen molar-refractivity contribution < 1.29 is 33.0 Å². The lowest BCUT2D eigenvalue weighted by molar-refractivity contribution is -0.151. The number of aromatic nitrogens is 1. The zero-order chi connectivity index (χ0) is 29.2. The number of aliphatic hydroxyl groups is 1. The first-order valence-corrected chi connectivity index (χ1v) is 15.0. The van der Waals surface area contributed by atoms with Crippen LogP contribution in [-0.4, -0.2) is 35.0 Å². The summed E-state index contributed by atoms with van der Waals surface area (Å²) >= 11 is 13.0. The molecule has 10 heteroatoms. The normalized spacial score (nSPS) is 25.7. The van der Waals surface area contributed by atoms with Crippen LogP contribution in [0.2, 0.25) is 10.0 Å². The molecule has 2 aromatic carbocycles. The fourth-order valence-corrected chi connectivity index (χ4v) is 7.11. The number of fused-ring (bicyclic) bond motifs is 2. The summed E-state index contributed by atoms with van der Waals surface area (Å²) in [4.78, 5) is 12.2. The van der Waals surface area contributed by atoms with E-state index in [2.05, 4.69) is 5.16 Å². The van der Waals surface area contributed by atoms with Crippen molar-refractivity contribution in [2.45, 2.75) is 74.8 Å². The molecule has 2 bridgehead atoms. The predicted octanol–water partition coefficient (Wildman–Crippen LogP) is 7.26. The molecule has 0 saturated heterocycles. The molecule has 0 aliphatic heterocycles. The summed E-state index contributed by atoms with van der Waals surface area (Å²) in [5, 5.41) is 17.3. The third-order valence-electron chi connectivity index (χ3n) is 9.04. The fourth-order valence-electron chi connectivity index (χ4n) is 6.54. The molecule has 3 aromatic rings. The summed E-state index contributed by atoms with van der Waals surface area (Å²) in [7, 11) is 1.30. The van der Waals surface area contributed by atoms with Crippen LogP contribution in [0, 0.1) is 11.7 Å². The fraction of sp³-hybridized carbons (Fsp3) is 0.438. The van der Waals surface area contributed by atoms with Gasteiger partial charge in [0.2, 0.25) is 5.60 Å². The van der Waals surface area contributed by atoms with E-state index in [-0.39, 0.29) is 24.4 Å². The van der Waals surface area contributed by atoms with Crippen molar-refractivity contribution in [2.75, 3.05) is 7.11 Å². The van der Waals surface area contributed by atoms with Gasteiger partial charge in [0.05, 0.1) is 29.9 Å². The minimum atomic E-state index is -1.35. The molecule has 1 heterocycles. The smallest absolute Gasteiger partial charge is 0.350 e. The maximum Gasteiger partial charge on any atom is 0.350 e. The van der Waals surface area contributed by atoms with E-state index in [0.717, 1.165) is 29.7 Å². The van der Waals surface area contributed by atoms with Crippen LogP contribution in [0.1, 0.15) is 67.8 Å². The summed E-state index contributed by atoms with van der Waals surface area (Å²) in [6.07, 6.45) is 6.63. The number of rotatable bonds is 9. The number of carbonyl (C=O) groups is 1. The second kappa shape index (κ2) is 10.4. The van der Waals surface area contributed by atoms with Gasteiger partial charge in [0.25, 0.3) is 0 Å². The van der Waals surface area contributed by atoms with Crippen molar-refractivity contribution in [1.82, 2.24) is 5.16 Å². The topological polar surface area (TPSA) is 91.0 Å². The second-order valence-electron chi connectivity index (χ2n) is 11.8. The molecule has 1 N–H and O–H groups in total. The number of ether oxygens (including phenoxy) is 3. The number of esters is 1. The molecular weight excluding hydrogens is 584 g/mol. The van der Waals surface area contributed by atoms with E-state index in [9.17, 15) is 14.3 Å². The van der Waals surface area contributed by atoms with Crippen molar-refractivity contribution in [3.05, 3.63) is 80.8 Å². The molecule has 4 aliphatic rings. The SMILES string of the molecule is COC(=O)C1(Oc2cc(F)cc([C@]3(O)C4=CC[C@H]3C[C@H](OCc3c(-c5c(Cl)cccc5Cl)noc3C3CC3)C4)c2)CC1. The van der Waals surface area contributed by atoms with Crippen molar-refractivity contribution in [2.24, 2.45) is 5.92 Å². The van der Waals surface area contributed by atoms with E-state index in [1.165, 1.54) is 19.2 Å². The maximum atomic E-state index is 14.8. The summed E-state index contributed by atoms with van der Waals surface area (Å²) in [5.41, 5.74) is 0.832. The molecule has 220 valence electrons. The van der Waals surface area contributed by atoms with Gasteiger partial charge in [-0.1, -0.05) is 40.5 Å². The van der Waals surface area contributed by atoms with Gasteiger partial charge in [0.1, 0.15) is 28.6 Å². The number of carbonyl (C=O) groups excluding carboxylic acids is 1. The summed E-state index contributed by atoms with van der Waals surface area (Å²) < 4.78 is 37.8. The van der Waals surface area contributed by atoms with Crippen LogP contribution < -0.4 is 4.74 Å². The Morgan fingerprint density at radius 1 is 1.19 bits per heavy atom. The van der Waals surface area contributed by atoms with Crippen molar-refractivity contribution >= 4 is 29.2 Å². The lowest BCUT2D eigenvalue weighted by Crippen LogP contribution is -2.41. The van der Waals surface area contributed by atoms with Gasteiger partial charge in [-0.2, -0.15) is 0 Å². The highest BCUT2D eigenvalue weighted by Crippen LogP contribution is 2.54. The Morgan fingerprint density at radius 3 is 2.62 bits per heavy atom. The molecule has 3 saturated carbocycles. The first-order chi connectivity index (χ1) is 20.2. The Labute approximate surface area is 252 Å². The van der Waals surface area contributed by atoms with Crippen LogP contribution in [0.15, 0.2) is 52.6 Å². The Morgan fingerprint density at radius 2 is 1.95 bits per heavy atom. The van der Waals surface area contributed by atoms with Crippen molar-refractivity contribution in [3.63, 3.8) is 0 Å². The zero-order valence-corrected chi connectivity index (χ0v) is 24.5. The third kappa shape index (κ3) is 4.73. The van der Waals surface area contributed by atoms with Gasteiger partial charge in [0.15, 0.2) is 0 Å². The van der Waals surface area contributed by atoms with E-state index in [1.54, 1.807) is 24.3 Å². The van der Waals surface area contributed by atoms with Gasteiger partial charge in [-0.3, -0.25) is 0 Å². The number of hydrogen-bond donors (Lipinski definition) is 1. The highest BCUT2D eigenvalue weighted by atomic mass is 35.5. The molecule has 0 amide bonds. The number of hydrogen-bond acceptors (Lipinski definition) is 7. The minimum absolute atomic E-state index is 0.168. The van der Waals surface area contributed by atoms with E-state index in [4.69, 9.17) is 41.9 Å². The highest BCUT2D eigenvalue weighted by Gasteiger charge is 2.55. The Bertz CT molecular complexity index is 1580. The maximum absolute atomic E-state index is 14.8. The quantitative estimate of drug-likeness (QED) is 0.200.